The molecule has 1 fully saturated rings. The molecule has 4 heterocycles. The van der Waals surface area contributed by atoms with Gasteiger partial charge in [0.1, 0.15) is 36.0 Å². The van der Waals surface area contributed by atoms with E-state index in [2.05, 4.69) is 62.2 Å². The van der Waals surface area contributed by atoms with Crippen molar-refractivity contribution in [3.05, 3.63) is 29.2 Å². The number of aliphatic hydroxyl groups is 1. The Labute approximate surface area is 299 Å². The molecule has 0 saturated carbocycles. The maximum Gasteiger partial charge on any atom is 0.410 e. The number of thiazole rings is 1. The van der Waals surface area contributed by atoms with Crippen molar-refractivity contribution < 1.29 is 24.1 Å². The van der Waals surface area contributed by atoms with Crippen molar-refractivity contribution in [3.63, 3.8) is 0 Å². The van der Waals surface area contributed by atoms with Gasteiger partial charge in [0, 0.05) is 65.8 Å². The lowest BCUT2D eigenvalue weighted by molar-refractivity contribution is 0.00742. The van der Waals surface area contributed by atoms with E-state index < -0.39 is 27.9 Å². The van der Waals surface area contributed by atoms with E-state index in [0.29, 0.717) is 38.2 Å². The molecule has 4 rings (SSSR count). The summed E-state index contributed by atoms with van der Waals surface area (Å²) in [6, 6.07) is 4.33. The summed E-state index contributed by atoms with van der Waals surface area (Å²) in [5.74, 6) is 0.988. The zero-order valence-corrected chi connectivity index (χ0v) is 34.5. The number of fused-ring (bicyclic) bond motifs is 1. The Hall–Kier alpha value is -2.37. The molecule has 0 aliphatic carbocycles. The Balaban J connectivity index is 1.73. The largest absolute Gasteiger partial charge is 0.444 e. The number of piperidine rings is 1. The second kappa shape index (κ2) is 16.3. The van der Waals surface area contributed by atoms with Gasteiger partial charge in [-0.1, -0.05) is 46.2 Å². The monoisotopic (exact) mass is 732 g/mol. The molecule has 1 saturated heterocycles. The summed E-state index contributed by atoms with van der Waals surface area (Å²) in [7, 11) is -2.54. The fourth-order valence-corrected chi connectivity index (χ4v) is 8.10. The molecule has 3 atom stereocenters. The minimum Gasteiger partial charge on any atom is -0.444 e. The maximum absolute atomic E-state index is 13.2. The Morgan fingerprint density at radius 1 is 1.08 bits per heavy atom. The Morgan fingerprint density at radius 2 is 1.71 bits per heavy atom. The van der Waals surface area contributed by atoms with Gasteiger partial charge in [0.25, 0.3) is 0 Å². The minimum atomic E-state index is -1.27. The van der Waals surface area contributed by atoms with E-state index in [-0.39, 0.29) is 18.1 Å². The summed E-state index contributed by atoms with van der Waals surface area (Å²) < 4.78 is 20.3. The lowest BCUT2D eigenvalue weighted by atomic mass is 9.87. The van der Waals surface area contributed by atoms with E-state index in [0.717, 1.165) is 59.0 Å². The highest BCUT2D eigenvalue weighted by Crippen LogP contribution is 2.37. The molecule has 1 aliphatic rings. The molecule has 11 nitrogen and oxygen atoms in total. The van der Waals surface area contributed by atoms with Crippen molar-refractivity contribution in [1.29, 1.82) is 0 Å². The number of ether oxygens (including phenoxy) is 3. The first-order valence-electron chi connectivity index (χ1n) is 17.8. The van der Waals surface area contributed by atoms with Gasteiger partial charge in [0.05, 0.1) is 16.6 Å². The second-order valence-corrected chi connectivity index (χ2v) is 29.1. The van der Waals surface area contributed by atoms with E-state index in [1.807, 2.05) is 36.4 Å². The molecule has 1 unspecified atom stereocenters. The lowest BCUT2D eigenvalue weighted by Crippen LogP contribution is -2.47. The Kier molecular flexibility index (Phi) is 13.1. The van der Waals surface area contributed by atoms with Crippen LogP contribution in [0.15, 0.2) is 18.5 Å². The Bertz CT molecular complexity index is 1510. The number of aliphatic hydroxyl groups excluding tert-OH is 1. The van der Waals surface area contributed by atoms with Gasteiger partial charge in [-0.15, -0.1) is 11.3 Å². The highest BCUT2D eigenvalue weighted by atomic mass is 32.1. The maximum atomic E-state index is 13.2. The predicted octanol–water partition coefficient (Wildman–Crippen LogP) is 8.23. The highest BCUT2D eigenvalue weighted by Gasteiger charge is 2.35. The van der Waals surface area contributed by atoms with Crippen molar-refractivity contribution in [3.8, 4) is 10.4 Å². The molecule has 0 bridgehead atoms. The fraction of sp³-hybridized carbons (Fsp3) is 0.714. The quantitative estimate of drug-likeness (QED) is 0.0938. The minimum absolute atomic E-state index is 0.0421. The van der Waals surface area contributed by atoms with Gasteiger partial charge in [-0.25, -0.2) is 14.8 Å². The number of amides is 1. The molecule has 1 aliphatic heterocycles. The Morgan fingerprint density at radius 3 is 2.24 bits per heavy atom. The number of hydrogen-bond acceptors (Lipinski definition) is 10. The van der Waals surface area contributed by atoms with Crippen LogP contribution < -0.4 is 4.90 Å². The van der Waals surface area contributed by atoms with Gasteiger partial charge in [-0.05, 0) is 59.0 Å². The molecule has 0 spiro atoms. The average Bonchev–Trinajstić information content (AvgIpc) is 3.65. The number of hydrogen-bond donors (Lipinski definition) is 1. The van der Waals surface area contributed by atoms with Gasteiger partial charge < -0.3 is 29.1 Å². The van der Waals surface area contributed by atoms with Crippen LogP contribution in [0.5, 0.6) is 0 Å². The first-order chi connectivity index (χ1) is 22.8. The average molecular weight is 733 g/mol. The highest BCUT2D eigenvalue weighted by molar-refractivity contribution is 7.15. The van der Waals surface area contributed by atoms with Crippen LogP contribution in [0, 0.1) is 0 Å². The topological polar surface area (TPSA) is 115 Å². The molecule has 1 N–H and O–H groups in total. The van der Waals surface area contributed by atoms with E-state index in [4.69, 9.17) is 24.3 Å². The molecule has 1 amide bonds. The molecule has 0 radical (unpaired) electrons. The number of likely N-dealkylation sites (tertiary alicyclic amines) is 1. The molecule has 3 aromatic rings. The third-order valence-corrected chi connectivity index (χ3v) is 13.3. The third kappa shape index (κ3) is 11.3. The number of carbonyl (C=O) groups is 1. The molecule has 14 heteroatoms. The van der Waals surface area contributed by atoms with Crippen LogP contribution >= 0.6 is 11.3 Å². The van der Waals surface area contributed by atoms with Crippen LogP contribution in [0.4, 0.5) is 10.6 Å². The van der Waals surface area contributed by atoms with Gasteiger partial charge in [0.15, 0.2) is 5.65 Å². The summed E-state index contributed by atoms with van der Waals surface area (Å²) in [6.07, 6.45) is 5.11. The van der Waals surface area contributed by atoms with E-state index in [1.54, 1.807) is 13.1 Å². The summed E-state index contributed by atoms with van der Waals surface area (Å²) in [4.78, 5) is 27.8. The summed E-state index contributed by atoms with van der Waals surface area (Å²) in [5.41, 5.74) is 2.00. The van der Waals surface area contributed by atoms with Gasteiger partial charge in [-0.3, -0.25) is 0 Å². The SMILES string of the molecule is CC[C@@H]1C[C@@H](c2cc(N(COCC[Si](C)(C)C)COCC[Si](C)(C)C)n3ncc(-c4cnc(C(C)O)s4)c3n2)CCN1C(=O)OC(C)(C)C. The van der Waals surface area contributed by atoms with Crippen LogP contribution in [0.3, 0.4) is 0 Å². The number of anilines is 1. The summed E-state index contributed by atoms with van der Waals surface area (Å²) in [5, 5.41) is 15.7. The van der Waals surface area contributed by atoms with E-state index >= 15 is 0 Å². The van der Waals surface area contributed by atoms with Crippen molar-refractivity contribution in [2.75, 3.05) is 38.1 Å². The zero-order chi connectivity index (χ0) is 36.1. The van der Waals surface area contributed by atoms with Crippen LogP contribution in [0.1, 0.15) is 76.6 Å². The lowest BCUT2D eigenvalue weighted by Gasteiger charge is -2.39. The summed E-state index contributed by atoms with van der Waals surface area (Å²) in [6.45, 7) is 26.4. The fourth-order valence-electron chi connectivity index (χ4n) is 5.72. The first kappa shape index (κ1) is 39.4. The molecule has 0 aromatic carbocycles. The van der Waals surface area contributed by atoms with Crippen molar-refractivity contribution in [2.45, 2.75) is 129 Å². The second-order valence-electron chi connectivity index (χ2n) is 16.8. The normalized spacial score (nSPS) is 18.2. The number of aromatic nitrogens is 4. The zero-order valence-electron chi connectivity index (χ0n) is 31.7. The molecule has 3 aromatic heterocycles. The number of carbonyl (C=O) groups excluding carboxylic acids is 1. The predicted molar refractivity (Wildman–Crippen MR) is 204 cm³/mol. The van der Waals surface area contributed by atoms with Gasteiger partial charge in [-0.2, -0.15) is 9.61 Å². The molecular formula is C35H60N6O5SSi2. The summed E-state index contributed by atoms with van der Waals surface area (Å²) >= 11 is 1.45. The molecule has 274 valence electrons. The third-order valence-electron chi connectivity index (χ3n) is 8.66. The van der Waals surface area contributed by atoms with E-state index in [1.165, 1.54) is 11.3 Å². The number of nitrogens with zero attached hydrogens (tertiary/aromatic N) is 6. The van der Waals surface area contributed by atoms with Crippen molar-refractivity contribution >= 4 is 45.0 Å². The van der Waals surface area contributed by atoms with E-state index in [9.17, 15) is 9.90 Å². The van der Waals surface area contributed by atoms with Crippen LogP contribution in [-0.4, -0.2) is 96.7 Å². The smallest absolute Gasteiger partial charge is 0.410 e. The first-order valence-corrected chi connectivity index (χ1v) is 26.0. The van der Waals surface area contributed by atoms with Crippen LogP contribution in [0.25, 0.3) is 16.1 Å². The molecular weight excluding hydrogens is 673 g/mol. The van der Waals surface area contributed by atoms with Crippen LogP contribution in [-0.2, 0) is 14.2 Å². The van der Waals surface area contributed by atoms with Gasteiger partial charge in [0.2, 0.25) is 0 Å². The van der Waals surface area contributed by atoms with Crippen molar-refractivity contribution in [2.24, 2.45) is 0 Å². The molecule has 49 heavy (non-hydrogen) atoms. The standard InChI is InChI=1S/C35H60N6O5SSi2/c1-12-27-19-26(13-14-40(27)34(43)46-35(3,4)5)29-20-31(39(23-44-15-17-48(6,7)8)24-45-16-18-49(9,10)11)41-32(38-29)28(21-37-41)30-22-36-33(47-30)25(2)42/h20-22,25-27,42H,12-19,23-24H2,1-11H3/t25?,26-,27+/m0/s1. The van der Waals surface area contributed by atoms with Crippen LogP contribution in [0.2, 0.25) is 51.4 Å². The number of rotatable bonds is 15. The van der Waals surface area contributed by atoms with Crippen molar-refractivity contribution in [1.82, 2.24) is 24.5 Å². The van der Waals surface area contributed by atoms with Gasteiger partial charge >= 0.3 is 6.09 Å².